The van der Waals surface area contributed by atoms with Gasteiger partial charge in [0.15, 0.2) is 17.3 Å². The molecule has 5 heteroatoms. The maximum absolute atomic E-state index is 13.6. The third-order valence-electron chi connectivity index (χ3n) is 3.40. The van der Waals surface area contributed by atoms with E-state index in [4.69, 9.17) is 4.74 Å². The van der Waals surface area contributed by atoms with Crippen LogP contribution < -0.4 is 4.74 Å². The number of ether oxygens (including phenoxy) is 1. The summed E-state index contributed by atoms with van der Waals surface area (Å²) in [7, 11) is 3.36. The van der Waals surface area contributed by atoms with Crippen molar-refractivity contribution < 1.29 is 13.9 Å². The number of carbonyl (C=O) groups is 1. The van der Waals surface area contributed by atoms with Gasteiger partial charge in [-0.25, -0.2) is 4.39 Å². The van der Waals surface area contributed by atoms with Crippen LogP contribution in [0.15, 0.2) is 18.2 Å². The lowest BCUT2D eigenvalue weighted by atomic mass is 10.1. The number of halogens is 1. The molecule has 1 aromatic carbocycles. The van der Waals surface area contributed by atoms with Gasteiger partial charge in [-0.05, 0) is 37.4 Å². The van der Waals surface area contributed by atoms with Crippen LogP contribution in [-0.4, -0.2) is 48.9 Å². The Morgan fingerprint density at radius 1 is 1.58 bits per heavy atom. The predicted octanol–water partition coefficient (Wildman–Crippen LogP) is 2.45. The number of likely N-dealkylation sites (N-methyl/N-ethyl adjacent to an activating group) is 1. The largest absolute Gasteiger partial charge is 0.494 e. The molecule has 1 aliphatic rings. The Kier molecular flexibility index (Phi) is 4.82. The molecule has 1 aromatic rings. The quantitative estimate of drug-likeness (QED) is 0.776. The molecule has 0 amide bonds. The summed E-state index contributed by atoms with van der Waals surface area (Å²) in [5, 5.41) is 0. The second kappa shape index (κ2) is 6.39. The van der Waals surface area contributed by atoms with Crippen molar-refractivity contribution in [3.63, 3.8) is 0 Å². The average Bonchev–Trinajstić information content (AvgIpc) is 2.92. The van der Waals surface area contributed by atoms with Gasteiger partial charge in [0.05, 0.1) is 13.7 Å². The summed E-state index contributed by atoms with van der Waals surface area (Å²) in [6, 6.07) is 4.81. The maximum Gasteiger partial charge on any atom is 0.176 e. The van der Waals surface area contributed by atoms with Crippen molar-refractivity contribution in [3.8, 4) is 5.75 Å². The van der Waals surface area contributed by atoms with Gasteiger partial charge in [0.1, 0.15) is 0 Å². The Labute approximate surface area is 117 Å². The van der Waals surface area contributed by atoms with E-state index in [1.807, 2.05) is 18.8 Å². The van der Waals surface area contributed by atoms with E-state index in [1.165, 1.54) is 19.2 Å². The molecule has 0 bridgehead atoms. The van der Waals surface area contributed by atoms with Crippen molar-refractivity contribution in [2.24, 2.45) is 0 Å². The first-order chi connectivity index (χ1) is 9.11. The summed E-state index contributed by atoms with van der Waals surface area (Å²) >= 11 is 1.91. The molecule has 1 heterocycles. The van der Waals surface area contributed by atoms with E-state index in [-0.39, 0.29) is 11.5 Å². The predicted molar refractivity (Wildman–Crippen MR) is 75.6 cm³/mol. The molecular weight excluding hydrogens is 265 g/mol. The van der Waals surface area contributed by atoms with Gasteiger partial charge in [0.25, 0.3) is 0 Å². The van der Waals surface area contributed by atoms with Crippen LogP contribution in [0.2, 0.25) is 0 Å². The molecule has 104 valence electrons. The van der Waals surface area contributed by atoms with E-state index < -0.39 is 5.82 Å². The van der Waals surface area contributed by atoms with Gasteiger partial charge < -0.3 is 4.74 Å². The van der Waals surface area contributed by atoms with Crippen molar-refractivity contribution in [1.29, 1.82) is 0 Å². The first-order valence-corrected chi connectivity index (χ1v) is 7.42. The summed E-state index contributed by atoms with van der Waals surface area (Å²) < 4.78 is 18.4. The molecule has 1 saturated heterocycles. The highest BCUT2D eigenvalue weighted by Crippen LogP contribution is 2.22. The fourth-order valence-corrected chi connectivity index (χ4v) is 3.46. The summed E-state index contributed by atoms with van der Waals surface area (Å²) in [6.07, 6.45) is 1.12. The lowest BCUT2D eigenvalue weighted by molar-refractivity contribution is 0.0926. The SMILES string of the molecule is COc1ccc(C(=O)CN(C)C2CCSC2)cc1F. The molecule has 1 unspecified atom stereocenters. The van der Waals surface area contributed by atoms with Crippen molar-refractivity contribution >= 4 is 17.5 Å². The monoisotopic (exact) mass is 283 g/mol. The minimum atomic E-state index is -0.493. The molecular formula is C14H18FNO2S. The number of hydrogen-bond donors (Lipinski definition) is 0. The van der Waals surface area contributed by atoms with Crippen LogP contribution >= 0.6 is 11.8 Å². The fourth-order valence-electron chi connectivity index (χ4n) is 2.16. The van der Waals surface area contributed by atoms with Gasteiger partial charge in [0, 0.05) is 17.4 Å². The maximum atomic E-state index is 13.6. The third kappa shape index (κ3) is 3.48. The van der Waals surface area contributed by atoms with Crippen LogP contribution in [-0.2, 0) is 0 Å². The van der Waals surface area contributed by atoms with Crippen LogP contribution in [0.1, 0.15) is 16.8 Å². The first-order valence-electron chi connectivity index (χ1n) is 6.26. The highest BCUT2D eigenvalue weighted by molar-refractivity contribution is 7.99. The molecule has 3 nitrogen and oxygen atoms in total. The van der Waals surface area contributed by atoms with Crippen LogP contribution in [0.5, 0.6) is 5.75 Å². The molecule has 19 heavy (non-hydrogen) atoms. The molecule has 0 N–H and O–H groups in total. The van der Waals surface area contributed by atoms with E-state index in [0.717, 1.165) is 17.9 Å². The summed E-state index contributed by atoms with van der Waals surface area (Å²) in [5.74, 6) is 1.84. The number of carbonyl (C=O) groups excluding carboxylic acids is 1. The minimum absolute atomic E-state index is 0.0547. The fraction of sp³-hybridized carbons (Fsp3) is 0.500. The van der Waals surface area contributed by atoms with Gasteiger partial charge in [0.2, 0.25) is 0 Å². The van der Waals surface area contributed by atoms with Crippen molar-refractivity contribution in [2.45, 2.75) is 12.5 Å². The molecule has 1 aliphatic heterocycles. The second-order valence-electron chi connectivity index (χ2n) is 4.71. The van der Waals surface area contributed by atoms with Gasteiger partial charge in [-0.3, -0.25) is 9.69 Å². The number of ketones is 1. The van der Waals surface area contributed by atoms with Crippen molar-refractivity contribution in [1.82, 2.24) is 4.90 Å². The number of thioether (sulfide) groups is 1. The van der Waals surface area contributed by atoms with Crippen LogP contribution in [0.25, 0.3) is 0 Å². The lowest BCUT2D eigenvalue weighted by Crippen LogP contribution is -2.35. The molecule has 1 atom stereocenters. The Hall–Kier alpha value is -1.07. The highest BCUT2D eigenvalue weighted by Gasteiger charge is 2.22. The number of Topliss-reactive ketones (excluding diaryl/α,β-unsaturated/α-hetero) is 1. The zero-order valence-corrected chi connectivity index (χ0v) is 12.0. The number of nitrogens with zero attached hydrogens (tertiary/aromatic N) is 1. The molecule has 0 spiro atoms. The van der Waals surface area contributed by atoms with Gasteiger partial charge in [-0.2, -0.15) is 11.8 Å². The Balaban J connectivity index is 2.01. The summed E-state index contributed by atoms with van der Waals surface area (Å²) in [5.41, 5.74) is 0.399. The molecule has 0 saturated carbocycles. The first kappa shape index (κ1) is 14.3. The lowest BCUT2D eigenvalue weighted by Gasteiger charge is -2.22. The topological polar surface area (TPSA) is 29.5 Å². The van der Waals surface area contributed by atoms with E-state index in [2.05, 4.69) is 4.90 Å². The number of benzene rings is 1. The number of methoxy groups -OCH3 is 1. The molecule has 2 rings (SSSR count). The molecule has 1 fully saturated rings. The van der Waals surface area contributed by atoms with E-state index in [1.54, 1.807) is 6.07 Å². The van der Waals surface area contributed by atoms with Crippen LogP contribution in [0, 0.1) is 5.82 Å². The Morgan fingerprint density at radius 3 is 2.95 bits per heavy atom. The van der Waals surface area contributed by atoms with Gasteiger partial charge >= 0.3 is 0 Å². The molecule has 0 radical (unpaired) electrons. The van der Waals surface area contributed by atoms with Gasteiger partial charge in [-0.1, -0.05) is 0 Å². The van der Waals surface area contributed by atoms with E-state index in [0.29, 0.717) is 18.2 Å². The summed E-state index contributed by atoms with van der Waals surface area (Å²) in [4.78, 5) is 14.2. The Bertz CT molecular complexity index is 461. The normalized spacial score (nSPS) is 18.8. The smallest absolute Gasteiger partial charge is 0.176 e. The van der Waals surface area contributed by atoms with E-state index >= 15 is 0 Å². The number of rotatable bonds is 5. The average molecular weight is 283 g/mol. The zero-order chi connectivity index (χ0) is 13.8. The van der Waals surface area contributed by atoms with E-state index in [9.17, 15) is 9.18 Å². The van der Waals surface area contributed by atoms with Crippen molar-refractivity contribution in [3.05, 3.63) is 29.6 Å². The second-order valence-corrected chi connectivity index (χ2v) is 5.85. The van der Waals surface area contributed by atoms with Crippen LogP contribution in [0.4, 0.5) is 4.39 Å². The summed E-state index contributed by atoms with van der Waals surface area (Å²) in [6.45, 7) is 0.330. The molecule has 0 aliphatic carbocycles. The van der Waals surface area contributed by atoms with Crippen molar-refractivity contribution in [2.75, 3.05) is 32.2 Å². The molecule has 0 aromatic heterocycles. The standard InChI is InChI=1S/C14H18FNO2S/c1-16(11-5-6-19-9-11)8-13(17)10-3-4-14(18-2)12(15)7-10/h3-4,7,11H,5-6,8-9H2,1-2H3. The van der Waals surface area contributed by atoms with Crippen LogP contribution in [0.3, 0.4) is 0 Å². The number of hydrogen-bond acceptors (Lipinski definition) is 4. The zero-order valence-electron chi connectivity index (χ0n) is 11.2. The minimum Gasteiger partial charge on any atom is -0.494 e. The Morgan fingerprint density at radius 2 is 2.37 bits per heavy atom. The van der Waals surface area contributed by atoms with Gasteiger partial charge in [-0.15, -0.1) is 0 Å². The highest BCUT2D eigenvalue weighted by atomic mass is 32.2. The third-order valence-corrected chi connectivity index (χ3v) is 4.54.